The van der Waals surface area contributed by atoms with Gasteiger partial charge in [0.2, 0.25) is 0 Å². The highest BCUT2D eigenvalue weighted by atomic mass is 16.1. The Morgan fingerprint density at radius 1 is 1.00 bits per heavy atom. The molecule has 7 nitrogen and oxygen atoms in total. The molecule has 7 heteroatoms. The van der Waals surface area contributed by atoms with Crippen LogP contribution in [0.15, 0.2) is 47.5 Å². The summed E-state index contributed by atoms with van der Waals surface area (Å²) in [5.41, 5.74) is 6.41. The Morgan fingerprint density at radius 3 is 2.33 bits per heavy atom. The summed E-state index contributed by atoms with van der Waals surface area (Å²) in [4.78, 5) is 22.7. The van der Waals surface area contributed by atoms with E-state index in [1.165, 1.54) is 0 Å². The maximum atomic E-state index is 12.0. The molecule has 1 aromatic carbocycles. The molecule has 2 heterocycles. The van der Waals surface area contributed by atoms with E-state index in [1.54, 1.807) is 42.7 Å². The summed E-state index contributed by atoms with van der Waals surface area (Å²) in [6.45, 7) is 0. The van der Waals surface area contributed by atoms with Crippen LogP contribution in [0.25, 0.3) is 22.5 Å². The third-order valence-corrected chi connectivity index (χ3v) is 3.44. The van der Waals surface area contributed by atoms with E-state index in [9.17, 15) is 15.3 Å². The van der Waals surface area contributed by atoms with Crippen LogP contribution in [0, 0.1) is 22.7 Å². The highest BCUT2D eigenvalue weighted by molar-refractivity contribution is 5.82. The lowest BCUT2D eigenvalue weighted by atomic mass is 9.95. The molecule has 0 spiro atoms. The first kappa shape index (κ1) is 14.9. The number of nitrogen functional groups attached to an aromatic ring is 1. The standard InChI is InChI=1S/C17H10N6O/c18-8-12-14(13(9-19)17(24)23-15(12)20)10-3-1-4-11(7-10)16-21-5-2-6-22-16/h1-7H,(H3,20,23,24). The molecule has 0 fully saturated rings. The molecule has 2 aromatic heterocycles. The Bertz CT molecular complexity index is 1060. The monoisotopic (exact) mass is 314 g/mol. The van der Waals surface area contributed by atoms with Crippen molar-refractivity contribution in [3.63, 3.8) is 0 Å². The predicted molar refractivity (Wildman–Crippen MR) is 87.4 cm³/mol. The number of rotatable bonds is 2. The van der Waals surface area contributed by atoms with Crippen LogP contribution in [-0.4, -0.2) is 15.0 Å². The molecule has 114 valence electrons. The van der Waals surface area contributed by atoms with Crippen LogP contribution in [0.2, 0.25) is 0 Å². The van der Waals surface area contributed by atoms with Gasteiger partial charge in [-0.2, -0.15) is 10.5 Å². The number of nitrogens with two attached hydrogens (primary N) is 1. The second kappa shape index (κ2) is 6.03. The molecule has 0 aliphatic carbocycles. The molecule has 0 bridgehead atoms. The van der Waals surface area contributed by atoms with Gasteiger partial charge in [0, 0.05) is 23.5 Å². The molecule has 0 aliphatic heterocycles. The van der Waals surface area contributed by atoms with Crippen LogP contribution in [0.3, 0.4) is 0 Å². The lowest BCUT2D eigenvalue weighted by molar-refractivity contribution is 1.18. The van der Waals surface area contributed by atoms with Crippen LogP contribution < -0.4 is 11.3 Å². The number of hydrogen-bond acceptors (Lipinski definition) is 6. The molecule has 0 atom stereocenters. The van der Waals surface area contributed by atoms with Crippen molar-refractivity contribution in [3.05, 3.63) is 64.2 Å². The summed E-state index contributed by atoms with van der Waals surface area (Å²) in [5.74, 6) is 0.423. The van der Waals surface area contributed by atoms with Gasteiger partial charge in [0.05, 0.1) is 0 Å². The Labute approximate surface area is 136 Å². The average Bonchev–Trinajstić information content (AvgIpc) is 2.62. The Balaban J connectivity index is 2.30. The lowest BCUT2D eigenvalue weighted by Crippen LogP contribution is -2.16. The van der Waals surface area contributed by atoms with Crippen LogP contribution in [-0.2, 0) is 0 Å². The summed E-state index contributed by atoms with van der Waals surface area (Å²) >= 11 is 0. The van der Waals surface area contributed by atoms with Gasteiger partial charge in [-0.3, -0.25) is 4.79 Å². The average molecular weight is 314 g/mol. The normalized spacial score (nSPS) is 9.92. The van der Waals surface area contributed by atoms with E-state index in [-0.39, 0.29) is 22.5 Å². The number of nitriles is 2. The lowest BCUT2D eigenvalue weighted by Gasteiger charge is -2.10. The first-order valence-corrected chi connectivity index (χ1v) is 6.89. The van der Waals surface area contributed by atoms with Crippen molar-refractivity contribution in [2.24, 2.45) is 0 Å². The fourth-order valence-corrected chi connectivity index (χ4v) is 2.39. The van der Waals surface area contributed by atoms with Gasteiger partial charge in [0.1, 0.15) is 29.1 Å². The molecule has 0 radical (unpaired) electrons. The van der Waals surface area contributed by atoms with Gasteiger partial charge in [-0.15, -0.1) is 0 Å². The Kier molecular flexibility index (Phi) is 3.76. The largest absolute Gasteiger partial charge is 0.384 e. The van der Waals surface area contributed by atoms with Crippen LogP contribution >= 0.6 is 0 Å². The number of nitrogens with zero attached hydrogens (tertiary/aromatic N) is 4. The molecule has 0 saturated carbocycles. The van der Waals surface area contributed by atoms with E-state index in [2.05, 4.69) is 15.0 Å². The molecule has 3 rings (SSSR count). The van der Waals surface area contributed by atoms with Gasteiger partial charge < -0.3 is 10.7 Å². The smallest absolute Gasteiger partial charge is 0.268 e. The van der Waals surface area contributed by atoms with Crippen LogP contribution in [0.1, 0.15) is 11.1 Å². The highest BCUT2D eigenvalue weighted by Gasteiger charge is 2.18. The zero-order valence-corrected chi connectivity index (χ0v) is 12.3. The van der Waals surface area contributed by atoms with Crippen molar-refractivity contribution in [1.29, 1.82) is 10.5 Å². The SMILES string of the molecule is N#Cc1c(N)[nH]c(=O)c(C#N)c1-c1cccc(-c2ncccn2)c1. The number of aromatic amines is 1. The van der Waals surface area contributed by atoms with Crippen molar-refractivity contribution >= 4 is 5.82 Å². The first-order valence-electron chi connectivity index (χ1n) is 6.89. The van der Waals surface area contributed by atoms with E-state index >= 15 is 0 Å². The van der Waals surface area contributed by atoms with Gasteiger partial charge in [0.15, 0.2) is 5.82 Å². The van der Waals surface area contributed by atoms with Crippen LogP contribution in [0.5, 0.6) is 0 Å². The fraction of sp³-hybridized carbons (Fsp3) is 0. The van der Waals surface area contributed by atoms with Gasteiger partial charge in [-0.05, 0) is 17.7 Å². The van der Waals surface area contributed by atoms with E-state index in [4.69, 9.17) is 5.73 Å². The van der Waals surface area contributed by atoms with Crippen LogP contribution in [0.4, 0.5) is 5.82 Å². The molecule has 0 saturated heterocycles. The van der Waals surface area contributed by atoms with Gasteiger partial charge in [-0.1, -0.05) is 18.2 Å². The molecule has 0 unspecified atom stereocenters. The van der Waals surface area contributed by atoms with E-state index < -0.39 is 5.56 Å². The minimum atomic E-state index is -0.634. The van der Waals surface area contributed by atoms with Gasteiger partial charge >= 0.3 is 0 Å². The number of pyridine rings is 1. The number of anilines is 1. The van der Waals surface area contributed by atoms with E-state index in [1.807, 2.05) is 12.1 Å². The maximum Gasteiger partial charge on any atom is 0.268 e. The Hall–Kier alpha value is -3.97. The number of benzene rings is 1. The summed E-state index contributed by atoms with van der Waals surface area (Å²) in [6.07, 6.45) is 3.23. The fourth-order valence-electron chi connectivity index (χ4n) is 2.39. The summed E-state index contributed by atoms with van der Waals surface area (Å²) in [7, 11) is 0. The summed E-state index contributed by atoms with van der Waals surface area (Å²) in [6, 6.07) is 12.4. The van der Waals surface area contributed by atoms with Crippen molar-refractivity contribution in [3.8, 4) is 34.7 Å². The second-order valence-electron chi connectivity index (χ2n) is 4.87. The highest BCUT2D eigenvalue weighted by Crippen LogP contribution is 2.30. The Morgan fingerprint density at radius 2 is 1.67 bits per heavy atom. The molecule has 24 heavy (non-hydrogen) atoms. The topological polar surface area (TPSA) is 132 Å². The molecule has 3 aromatic rings. The van der Waals surface area contributed by atoms with Gasteiger partial charge in [0.25, 0.3) is 5.56 Å². The number of nitrogens with one attached hydrogen (secondary N) is 1. The molecule has 0 amide bonds. The van der Waals surface area contributed by atoms with Crippen molar-refractivity contribution in [1.82, 2.24) is 15.0 Å². The third kappa shape index (κ3) is 2.47. The first-order chi connectivity index (χ1) is 11.7. The van der Waals surface area contributed by atoms with E-state index in [0.29, 0.717) is 17.0 Å². The summed E-state index contributed by atoms with van der Waals surface area (Å²) < 4.78 is 0. The van der Waals surface area contributed by atoms with Crippen molar-refractivity contribution in [2.45, 2.75) is 0 Å². The minimum absolute atomic E-state index is 0.0530. The number of aromatic nitrogens is 3. The third-order valence-electron chi connectivity index (χ3n) is 3.44. The zero-order chi connectivity index (χ0) is 17.1. The van der Waals surface area contributed by atoms with Crippen molar-refractivity contribution < 1.29 is 0 Å². The number of hydrogen-bond donors (Lipinski definition) is 2. The molecular formula is C17H10N6O. The quantitative estimate of drug-likeness (QED) is 0.741. The summed E-state index contributed by atoms with van der Waals surface area (Å²) in [5, 5.41) is 18.7. The van der Waals surface area contributed by atoms with E-state index in [0.717, 1.165) is 0 Å². The molecule has 0 aliphatic rings. The van der Waals surface area contributed by atoms with Crippen molar-refractivity contribution in [2.75, 3.05) is 5.73 Å². The molecule has 3 N–H and O–H groups in total. The predicted octanol–water partition coefficient (Wildman–Crippen LogP) is 1.82. The second-order valence-corrected chi connectivity index (χ2v) is 4.87. The van der Waals surface area contributed by atoms with Gasteiger partial charge in [-0.25, -0.2) is 9.97 Å². The maximum absolute atomic E-state index is 12.0. The number of H-pyrrole nitrogens is 1. The zero-order valence-electron chi connectivity index (χ0n) is 12.3. The minimum Gasteiger partial charge on any atom is -0.384 e. The molecular weight excluding hydrogens is 304 g/mol.